The van der Waals surface area contributed by atoms with E-state index in [0.29, 0.717) is 17.1 Å². The van der Waals surface area contributed by atoms with Gasteiger partial charge in [-0.25, -0.2) is 4.39 Å². The van der Waals surface area contributed by atoms with Crippen molar-refractivity contribution in [2.24, 2.45) is 0 Å². The molecule has 4 heteroatoms. The highest BCUT2D eigenvalue weighted by atomic mass is 19.1. The molecule has 0 fully saturated rings. The predicted octanol–water partition coefficient (Wildman–Crippen LogP) is 3.10. The van der Waals surface area contributed by atoms with Crippen LogP contribution in [0.25, 0.3) is 0 Å². The van der Waals surface area contributed by atoms with E-state index in [1.807, 2.05) is 20.8 Å². The fourth-order valence-electron chi connectivity index (χ4n) is 1.52. The summed E-state index contributed by atoms with van der Waals surface area (Å²) in [6, 6.07) is 5.11. The zero-order valence-corrected chi connectivity index (χ0v) is 11.7. The Morgan fingerprint density at radius 3 is 2.00 bits per heavy atom. The van der Waals surface area contributed by atoms with Gasteiger partial charge in [0.15, 0.2) is 0 Å². The number of nitrogens with one attached hydrogen (secondary N) is 1. The molecule has 0 aromatic heterocycles. The maximum atomic E-state index is 14.1. The van der Waals surface area contributed by atoms with E-state index in [9.17, 15) is 4.39 Å². The molecule has 1 rings (SSSR count). The molecule has 0 amide bonds. The molecule has 0 heterocycles. The molecule has 18 heavy (non-hydrogen) atoms. The zero-order valence-electron chi connectivity index (χ0n) is 11.7. The van der Waals surface area contributed by atoms with Crippen LogP contribution in [0.5, 0.6) is 11.5 Å². The average Bonchev–Trinajstić information content (AvgIpc) is 2.34. The van der Waals surface area contributed by atoms with Gasteiger partial charge in [-0.15, -0.1) is 0 Å². The number of ether oxygens (including phenoxy) is 2. The normalized spacial score (nSPS) is 13.2. The van der Waals surface area contributed by atoms with E-state index in [1.165, 1.54) is 0 Å². The molecular formula is C14H22FNO2. The first-order chi connectivity index (χ1) is 8.35. The van der Waals surface area contributed by atoms with Gasteiger partial charge in [0.25, 0.3) is 0 Å². The maximum Gasteiger partial charge on any atom is 0.138 e. The number of hydrogen-bond acceptors (Lipinski definition) is 3. The number of halogens is 1. The quantitative estimate of drug-likeness (QED) is 0.877. The molecule has 102 valence electrons. The first-order valence-corrected chi connectivity index (χ1v) is 5.98. The molecule has 0 saturated carbocycles. The minimum atomic E-state index is -1.09. The lowest BCUT2D eigenvalue weighted by Crippen LogP contribution is -2.37. The van der Waals surface area contributed by atoms with Gasteiger partial charge < -0.3 is 14.8 Å². The third kappa shape index (κ3) is 4.53. The fourth-order valence-corrected chi connectivity index (χ4v) is 1.52. The summed E-state index contributed by atoms with van der Waals surface area (Å²) < 4.78 is 24.4. The summed E-state index contributed by atoms with van der Waals surface area (Å²) in [5, 5.41) is 3.14. The zero-order chi connectivity index (χ0) is 13.8. The molecule has 0 spiro atoms. The van der Waals surface area contributed by atoms with Crippen LogP contribution in [-0.2, 0) is 0 Å². The number of methoxy groups -OCH3 is 2. The van der Waals surface area contributed by atoms with Crippen LogP contribution in [-0.4, -0.2) is 26.3 Å². The van der Waals surface area contributed by atoms with E-state index < -0.39 is 6.17 Å². The SMILES string of the molecule is COc1cc(OC)cc(C(F)CNC(C)(C)C)c1. The lowest BCUT2D eigenvalue weighted by molar-refractivity contribution is 0.289. The van der Waals surface area contributed by atoms with E-state index in [1.54, 1.807) is 32.4 Å². The topological polar surface area (TPSA) is 30.5 Å². The van der Waals surface area contributed by atoms with Gasteiger partial charge in [0.2, 0.25) is 0 Å². The van der Waals surface area contributed by atoms with Crippen LogP contribution in [0.3, 0.4) is 0 Å². The molecule has 0 bridgehead atoms. The number of benzene rings is 1. The van der Waals surface area contributed by atoms with Crippen LogP contribution in [0.4, 0.5) is 4.39 Å². The van der Waals surface area contributed by atoms with Crippen molar-refractivity contribution in [3.63, 3.8) is 0 Å². The van der Waals surface area contributed by atoms with Crippen molar-refractivity contribution in [3.05, 3.63) is 23.8 Å². The maximum absolute atomic E-state index is 14.1. The van der Waals surface area contributed by atoms with Crippen molar-refractivity contribution in [1.29, 1.82) is 0 Å². The monoisotopic (exact) mass is 255 g/mol. The van der Waals surface area contributed by atoms with Gasteiger partial charge >= 0.3 is 0 Å². The number of alkyl halides is 1. The summed E-state index contributed by atoms with van der Waals surface area (Å²) in [7, 11) is 3.11. The van der Waals surface area contributed by atoms with Gasteiger partial charge in [0.05, 0.1) is 14.2 Å². The second-order valence-corrected chi connectivity index (χ2v) is 5.24. The Labute approximate surface area is 108 Å². The van der Waals surface area contributed by atoms with Crippen LogP contribution in [0.1, 0.15) is 32.5 Å². The molecule has 1 N–H and O–H groups in total. The van der Waals surface area contributed by atoms with Crippen LogP contribution in [0.15, 0.2) is 18.2 Å². The van der Waals surface area contributed by atoms with Crippen molar-refractivity contribution >= 4 is 0 Å². The van der Waals surface area contributed by atoms with E-state index >= 15 is 0 Å². The number of hydrogen-bond donors (Lipinski definition) is 1. The lowest BCUT2D eigenvalue weighted by Gasteiger charge is -2.22. The van der Waals surface area contributed by atoms with E-state index in [4.69, 9.17) is 9.47 Å². The summed E-state index contributed by atoms with van der Waals surface area (Å²) in [6.07, 6.45) is -1.09. The van der Waals surface area contributed by atoms with Gasteiger partial charge in [-0.3, -0.25) is 0 Å². The van der Waals surface area contributed by atoms with Crippen molar-refractivity contribution in [2.45, 2.75) is 32.5 Å². The Kier molecular flexibility index (Phi) is 4.96. The Balaban J connectivity index is 2.81. The largest absolute Gasteiger partial charge is 0.497 e. The highest BCUT2D eigenvalue weighted by Crippen LogP contribution is 2.28. The Bertz CT molecular complexity index is 366. The van der Waals surface area contributed by atoms with E-state index in [2.05, 4.69) is 5.32 Å². The van der Waals surface area contributed by atoms with Gasteiger partial charge in [-0.05, 0) is 38.5 Å². The summed E-state index contributed by atoms with van der Waals surface area (Å²) in [4.78, 5) is 0. The summed E-state index contributed by atoms with van der Waals surface area (Å²) in [5.74, 6) is 1.20. The molecule has 0 aliphatic rings. The fraction of sp³-hybridized carbons (Fsp3) is 0.571. The van der Waals surface area contributed by atoms with E-state index in [0.717, 1.165) is 0 Å². The van der Waals surface area contributed by atoms with Crippen molar-refractivity contribution < 1.29 is 13.9 Å². The van der Waals surface area contributed by atoms with E-state index in [-0.39, 0.29) is 12.1 Å². The first-order valence-electron chi connectivity index (χ1n) is 5.98. The predicted molar refractivity (Wildman–Crippen MR) is 71.2 cm³/mol. The Morgan fingerprint density at radius 1 is 1.11 bits per heavy atom. The number of rotatable bonds is 5. The van der Waals surface area contributed by atoms with Gasteiger partial charge in [-0.1, -0.05) is 0 Å². The van der Waals surface area contributed by atoms with Crippen LogP contribution < -0.4 is 14.8 Å². The Morgan fingerprint density at radius 2 is 1.61 bits per heavy atom. The van der Waals surface area contributed by atoms with Crippen molar-refractivity contribution in [1.82, 2.24) is 5.32 Å². The van der Waals surface area contributed by atoms with Crippen molar-refractivity contribution in [3.8, 4) is 11.5 Å². The molecule has 1 aromatic rings. The van der Waals surface area contributed by atoms with Gasteiger partial charge in [0, 0.05) is 18.2 Å². The summed E-state index contributed by atoms with van der Waals surface area (Å²) in [6.45, 7) is 6.28. The summed E-state index contributed by atoms with van der Waals surface area (Å²) in [5.41, 5.74) is 0.454. The second-order valence-electron chi connectivity index (χ2n) is 5.24. The molecule has 1 atom stereocenters. The highest BCUT2D eigenvalue weighted by Gasteiger charge is 2.16. The second kappa shape index (κ2) is 6.05. The van der Waals surface area contributed by atoms with Gasteiger partial charge in [-0.2, -0.15) is 0 Å². The average molecular weight is 255 g/mol. The molecule has 0 saturated heterocycles. The molecule has 0 aliphatic heterocycles. The molecule has 1 unspecified atom stereocenters. The minimum Gasteiger partial charge on any atom is -0.497 e. The molecule has 0 radical (unpaired) electrons. The molecule has 3 nitrogen and oxygen atoms in total. The Hall–Kier alpha value is -1.29. The van der Waals surface area contributed by atoms with Crippen LogP contribution in [0.2, 0.25) is 0 Å². The molecule has 1 aromatic carbocycles. The first kappa shape index (κ1) is 14.8. The smallest absolute Gasteiger partial charge is 0.138 e. The molecule has 0 aliphatic carbocycles. The van der Waals surface area contributed by atoms with Gasteiger partial charge in [0.1, 0.15) is 17.7 Å². The lowest BCUT2D eigenvalue weighted by atomic mass is 10.1. The van der Waals surface area contributed by atoms with Crippen LogP contribution in [0, 0.1) is 0 Å². The summed E-state index contributed by atoms with van der Waals surface area (Å²) >= 11 is 0. The third-order valence-corrected chi connectivity index (χ3v) is 2.55. The molecular weight excluding hydrogens is 233 g/mol. The third-order valence-electron chi connectivity index (χ3n) is 2.55. The van der Waals surface area contributed by atoms with Crippen molar-refractivity contribution in [2.75, 3.05) is 20.8 Å². The standard InChI is InChI=1S/C14H22FNO2/c1-14(2,3)16-9-13(15)10-6-11(17-4)8-12(7-10)18-5/h6-8,13,16H,9H2,1-5H3. The minimum absolute atomic E-state index is 0.104. The van der Waals surface area contributed by atoms with Crippen LogP contribution >= 0.6 is 0 Å². The highest BCUT2D eigenvalue weighted by molar-refractivity contribution is 5.39.